The molecule has 0 atom stereocenters. The van der Waals surface area contributed by atoms with Crippen LogP contribution >= 0.6 is 0 Å². The number of carbonyl (C=O) groups is 1. The second-order valence-electron chi connectivity index (χ2n) is 7.03. The van der Waals surface area contributed by atoms with Crippen LogP contribution in [-0.2, 0) is 12.8 Å². The number of hydrogen-bond acceptors (Lipinski definition) is 5. The molecule has 0 bridgehead atoms. The molecule has 0 unspecified atom stereocenters. The fourth-order valence-corrected chi connectivity index (χ4v) is 3.74. The number of likely N-dealkylation sites (N-methyl/N-ethyl adjacent to an activating group) is 1. The summed E-state index contributed by atoms with van der Waals surface area (Å²) in [5.41, 5.74) is 4.11. The van der Waals surface area contributed by atoms with E-state index in [1.165, 1.54) is 5.56 Å². The van der Waals surface area contributed by atoms with E-state index in [1.54, 1.807) is 0 Å². The molecule has 4 rings (SSSR count). The maximum Gasteiger partial charge on any atom is 0.287 e. The maximum atomic E-state index is 12.6. The second kappa shape index (κ2) is 6.65. The van der Waals surface area contributed by atoms with Crippen LogP contribution in [0.15, 0.2) is 10.6 Å². The number of carbonyl (C=O) groups excluding carboxylic acids is 1. The molecule has 2 aliphatic rings. The highest BCUT2D eigenvalue weighted by molar-refractivity contribution is 5.95. The summed E-state index contributed by atoms with van der Waals surface area (Å²) < 4.78 is 5.90. The average molecular weight is 343 g/mol. The van der Waals surface area contributed by atoms with E-state index >= 15 is 0 Å². The van der Waals surface area contributed by atoms with Gasteiger partial charge in [0.25, 0.3) is 5.91 Å². The van der Waals surface area contributed by atoms with Crippen LogP contribution in [0.4, 0.5) is 0 Å². The molecule has 2 aromatic rings. The predicted octanol–water partition coefficient (Wildman–Crippen LogP) is 1.05. The van der Waals surface area contributed by atoms with E-state index in [0.717, 1.165) is 68.1 Å². The Morgan fingerprint density at radius 1 is 1.32 bits per heavy atom. The van der Waals surface area contributed by atoms with E-state index in [1.807, 2.05) is 13.1 Å². The first-order chi connectivity index (χ1) is 12.1. The summed E-state index contributed by atoms with van der Waals surface area (Å²) in [6.07, 6.45) is 3.58. The zero-order chi connectivity index (χ0) is 17.4. The Hall–Kier alpha value is -2.12. The molecule has 0 saturated carbocycles. The van der Waals surface area contributed by atoms with Crippen molar-refractivity contribution in [1.29, 1.82) is 0 Å². The van der Waals surface area contributed by atoms with Crippen LogP contribution in [0.1, 0.15) is 27.4 Å². The maximum absolute atomic E-state index is 12.6. The van der Waals surface area contributed by atoms with Crippen molar-refractivity contribution >= 4 is 5.91 Å². The van der Waals surface area contributed by atoms with Gasteiger partial charge < -0.3 is 14.6 Å². The number of furan rings is 1. The molecule has 134 valence electrons. The zero-order valence-electron chi connectivity index (χ0n) is 14.9. The smallest absolute Gasteiger partial charge is 0.287 e. The molecule has 7 nitrogen and oxygen atoms in total. The van der Waals surface area contributed by atoms with Gasteiger partial charge in [-0.05, 0) is 26.0 Å². The van der Waals surface area contributed by atoms with Gasteiger partial charge in [-0.2, -0.15) is 5.10 Å². The van der Waals surface area contributed by atoms with E-state index in [-0.39, 0.29) is 5.91 Å². The molecule has 1 amide bonds. The number of rotatable bonds is 4. The summed E-state index contributed by atoms with van der Waals surface area (Å²) in [6.45, 7) is 7.76. The minimum absolute atomic E-state index is 0.123. The molecule has 2 aromatic heterocycles. The molecule has 1 saturated heterocycles. The first-order valence-electron chi connectivity index (χ1n) is 8.97. The van der Waals surface area contributed by atoms with Gasteiger partial charge in [0.2, 0.25) is 0 Å². The van der Waals surface area contributed by atoms with Gasteiger partial charge in [0.15, 0.2) is 5.76 Å². The van der Waals surface area contributed by atoms with Gasteiger partial charge in [0.05, 0.1) is 11.9 Å². The van der Waals surface area contributed by atoms with E-state index in [2.05, 4.69) is 32.4 Å². The standard InChI is InChI=1S/C18H25N5O2/c1-12-15-14(4-3-13-11-20-21-16(13)15)25-17(12)18(24)19-5-6-23-9-7-22(2)8-10-23/h11H,3-10H2,1-2H3,(H,19,24)(H,20,21). The number of amides is 1. The molecule has 0 aromatic carbocycles. The monoisotopic (exact) mass is 343 g/mol. The third kappa shape index (κ3) is 3.09. The lowest BCUT2D eigenvalue weighted by Crippen LogP contribution is -2.46. The van der Waals surface area contributed by atoms with Crippen molar-refractivity contribution in [3.8, 4) is 11.3 Å². The Morgan fingerprint density at radius 3 is 2.92 bits per heavy atom. The number of H-pyrrole nitrogens is 1. The molecule has 1 aliphatic carbocycles. The molecular formula is C18H25N5O2. The third-order valence-electron chi connectivity index (χ3n) is 5.32. The fraction of sp³-hybridized carbons (Fsp3) is 0.556. The highest BCUT2D eigenvalue weighted by atomic mass is 16.4. The minimum atomic E-state index is -0.123. The lowest BCUT2D eigenvalue weighted by molar-refractivity contribution is 0.0911. The van der Waals surface area contributed by atoms with Gasteiger partial charge in [-0.1, -0.05) is 0 Å². The van der Waals surface area contributed by atoms with Crippen molar-refractivity contribution in [2.24, 2.45) is 0 Å². The van der Waals surface area contributed by atoms with Crippen molar-refractivity contribution in [2.45, 2.75) is 19.8 Å². The number of fused-ring (bicyclic) bond motifs is 3. The Morgan fingerprint density at radius 2 is 2.12 bits per heavy atom. The summed E-state index contributed by atoms with van der Waals surface area (Å²) in [4.78, 5) is 17.3. The molecule has 0 spiro atoms. The predicted molar refractivity (Wildman–Crippen MR) is 94.7 cm³/mol. The lowest BCUT2D eigenvalue weighted by atomic mass is 9.93. The lowest BCUT2D eigenvalue weighted by Gasteiger charge is -2.32. The highest BCUT2D eigenvalue weighted by Crippen LogP contribution is 2.37. The number of aromatic nitrogens is 2. The molecular weight excluding hydrogens is 318 g/mol. The molecule has 0 radical (unpaired) electrons. The second-order valence-corrected chi connectivity index (χ2v) is 7.03. The average Bonchev–Trinajstić information content (AvgIpc) is 3.20. The number of aryl methyl sites for hydroxylation is 2. The molecule has 7 heteroatoms. The van der Waals surface area contributed by atoms with E-state index in [4.69, 9.17) is 4.42 Å². The van der Waals surface area contributed by atoms with Crippen LogP contribution in [0.25, 0.3) is 11.3 Å². The van der Waals surface area contributed by atoms with Crippen LogP contribution in [0.5, 0.6) is 0 Å². The van der Waals surface area contributed by atoms with Gasteiger partial charge >= 0.3 is 0 Å². The molecule has 1 fully saturated rings. The zero-order valence-corrected chi connectivity index (χ0v) is 14.9. The quantitative estimate of drug-likeness (QED) is 0.868. The van der Waals surface area contributed by atoms with Crippen LogP contribution in [-0.4, -0.2) is 72.2 Å². The van der Waals surface area contributed by atoms with Crippen molar-refractivity contribution < 1.29 is 9.21 Å². The number of piperazine rings is 1. The Bertz CT molecular complexity index is 771. The topological polar surface area (TPSA) is 77.4 Å². The van der Waals surface area contributed by atoms with Crippen molar-refractivity contribution in [1.82, 2.24) is 25.3 Å². The molecule has 25 heavy (non-hydrogen) atoms. The SMILES string of the molecule is Cc1c(C(=O)NCCN2CCN(C)CC2)oc2c1-c1[nH]ncc1CC2. The number of hydrogen-bond donors (Lipinski definition) is 2. The van der Waals surface area contributed by atoms with Crippen LogP contribution in [0.3, 0.4) is 0 Å². The Kier molecular flexibility index (Phi) is 4.35. The van der Waals surface area contributed by atoms with Crippen molar-refractivity contribution in [3.05, 3.63) is 28.8 Å². The summed E-state index contributed by atoms with van der Waals surface area (Å²) in [5.74, 6) is 1.20. The van der Waals surface area contributed by atoms with Crippen LogP contribution < -0.4 is 5.32 Å². The number of aromatic amines is 1. The normalized spacial score (nSPS) is 18.0. The van der Waals surface area contributed by atoms with Gasteiger partial charge in [-0.15, -0.1) is 0 Å². The van der Waals surface area contributed by atoms with Crippen molar-refractivity contribution in [3.63, 3.8) is 0 Å². The van der Waals surface area contributed by atoms with E-state index in [9.17, 15) is 4.79 Å². The highest BCUT2D eigenvalue weighted by Gasteiger charge is 2.28. The first kappa shape index (κ1) is 16.4. The molecule has 3 heterocycles. The Balaban J connectivity index is 1.40. The minimum Gasteiger partial charge on any atom is -0.455 e. The van der Waals surface area contributed by atoms with Gasteiger partial charge in [-0.3, -0.25) is 14.8 Å². The van der Waals surface area contributed by atoms with E-state index < -0.39 is 0 Å². The van der Waals surface area contributed by atoms with Gasteiger partial charge in [-0.25, -0.2) is 0 Å². The number of nitrogens with one attached hydrogen (secondary N) is 2. The number of nitrogens with zero attached hydrogens (tertiary/aromatic N) is 3. The third-order valence-corrected chi connectivity index (χ3v) is 5.32. The largest absolute Gasteiger partial charge is 0.455 e. The summed E-state index contributed by atoms with van der Waals surface area (Å²) in [5, 5.41) is 10.2. The fourth-order valence-electron chi connectivity index (χ4n) is 3.74. The summed E-state index contributed by atoms with van der Waals surface area (Å²) in [6, 6.07) is 0. The summed E-state index contributed by atoms with van der Waals surface area (Å²) >= 11 is 0. The Labute approximate surface area is 147 Å². The molecule has 1 aliphatic heterocycles. The van der Waals surface area contributed by atoms with Crippen molar-refractivity contribution in [2.75, 3.05) is 46.3 Å². The van der Waals surface area contributed by atoms with E-state index in [0.29, 0.717) is 12.3 Å². The first-order valence-corrected chi connectivity index (χ1v) is 8.97. The van der Waals surface area contributed by atoms with Gasteiger partial charge in [0.1, 0.15) is 5.76 Å². The summed E-state index contributed by atoms with van der Waals surface area (Å²) in [7, 11) is 2.14. The van der Waals surface area contributed by atoms with Gasteiger partial charge in [0, 0.05) is 56.8 Å². The van der Waals surface area contributed by atoms with Crippen LogP contribution in [0, 0.1) is 6.92 Å². The molecule has 2 N–H and O–H groups in total. The van der Waals surface area contributed by atoms with Crippen LogP contribution in [0.2, 0.25) is 0 Å².